The maximum atomic E-state index is 11.0. The van der Waals surface area contributed by atoms with Gasteiger partial charge in [-0.25, -0.2) is 0 Å². The molecular formula is C6H8N3O3P. The molecule has 0 aliphatic rings. The van der Waals surface area contributed by atoms with Crippen LogP contribution >= 0.6 is 7.37 Å². The number of carbonyl (C=O) groups excluding carboxylic acids is 1. The van der Waals surface area contributed by atoms with Gasteiger partial charge < -0.3 is 10.1 Å². The van der Waals surface area contributed by atoms with Crippen LogP contribution in [0.2, 0.25) is 0 Å². The fraction of sp³-hybridized carbons (Fsp3) is 0.500. The Morgan fingerprint density at radius 3 is 2.54 bits per heavy atom. The van der Waals surface area contributed by atoms with E-state index in [1.54, 1.807) is 6.07 Å². The molecule has 0 saturated carbocycles. The lowest BCUT2D eigenvalue weighted by Gasteiger charge is -2.02. The molecule has 0 N–H and O–H groups in total. The summed E-state index contributed by atoms with van der Waals surface area (Å²) in [5, 5.41) is 8.15. The van der Waals surface area contributed by atoms with E-state index < -0.39 is 25.5 Å². The number of rotatable bonds is 3. The Hall–Kier alpha value is -1.43. The van der Waals surface area contributed by atoms with Crippen molar-refractivity contribution in [3.8, 4) is 6.07 Å². The third-order valence-corrected chi connectivity index (χ3v) is 1.49. The number of hydrogen-bond acceptors (Lipinski definition) is 4. The van der Waals surface area contributed by atoms with Crippen molar-refractivity contribution in [2.45, 2.75) is 6.42 Å². The molecule has 0 aliphatic heterocycles. The Bertz CT molecular complexity index is 345. The highest BCUT2D eigenvalue weighted by Gasteiger charge is 2.27. The molecule has 6 nitrogen and oxygen atoms in total. The van der Waals surface area contributed by atoms with E-state index in [1.165, 1.54) is 13.3 Å². The van der Waals surface area contributed by atoms with Crippen molar-refractivity contribution in [3.05, 3.63) is 5.53 Å². The van der Waals surface area contributed by atoms with Crippen molar-refractivity contribution in [1.82, 2.24) is 0 Å². The van der Waals surface area contributed by atoms with Gasteiger partial charge in [-0.2, -0.15) is 5.26 Å². The molecule has 0 bridgehead atoms. The highest BCUT2D eigenvalue weighted by Crippen LogP contribution is 2.37. The normalized spacial score (nSPS) is 9.62. The maximum Gasteiger partial charge on any atom is 0.524 e. The fourth-order valence-electron chi connectivity index (χ4n) is 0.481. The van der Waals surface area contributed by atoms with Crippen LogP contribution in [0.25, 0.3) is 5.53 Å². The van der Waals surface area contributed by atoms with E-state index in [9.17, 15) is 9.36 Å². The predicted molar refractivity (Wildman–Crippen MR) is 44.4 cm³/mol. The number of carbonyl (C=O) groups is 1. The summed E-state index contributed by atoms with van der Waals surface area (Å²) in [6.45, 7) is 2.52. The summed E-state index contributed by atoms with van der Waals surface area (Å²) in [6, 6.07) is 1.56. The zero-order chi connectivity index (χ0) is 10.5. The molecule has 0 spiro atoms. The van der Waals surface area contributed by atoms with Crippen molar-refractivity contribution in [1.29, 1.82) is 5.26 Å². The summed E-state index contributed by atoms with van der Waals surface area (Å²) in [7, 11) is -2.94. The molecule has 7 heteroatoms. The van der Waals surface area contributed by atoms with Gasteiger partial charge in [-0.3, -0.25) is 9.36 Å². The van der Waals surface area contributed by atoms with E-state index in [-0.39, 0.29) is 0 Å². The topological polar surface area (TPSA) is 104 Å². The highest BCUT2D eigenvalue weighted by molar-refractivity contribution is 7.57. The first-order valence-corrected chi connectivity index (χ1v) is 5.79. The van der Waals surface area contributed by atoms with Gasteiger partial charge in [0.05, 0.1) is 6.07 Å². The monoisotopic (exact) mass is 201 g/mol. The van der Waals surface area contributed by atoms with E-state index in [4.69, 9.17) is 10.8 Å². The van der Waals surface area contributed by atoms with Crippen LogP contribution < -0.4 is 0 Å². The average Bonchev–Trinajstić information content (AvgIpc) is 1.99. The minimum atomic E-state index is -2.94. The molecule has 0 rings (SSSR count). The zero-order valence-corrected chi connectivity index (χ0v) is 8.12. The van der Waals surface area contributed by atoms with Crippen molar-refractivity contribution < 1.29 is 18.7 Å². The van der Waals surface area contributed by atoms with Gasteiger partial charge in [0.15, 0.2) is 0 Å². The summed E-state index contributed by atoms with van der Waals surface area (Å²) < 4.78 is 15.6. The van der Waals surface area contributed by atoms with Crippen molar-refractivity contribution in [2.24, 2.45) is 0 Å². The molecule has 0 fully saturated rings. The van der Waals surface area contributed by atoms with E-state index in [1.807, 2.05) is 0 Å². The Balaban J connectivity index is 4.60. The molecule has 0 radical (unpaired) electrons. The molecule has 0 unspecified atom stereocenters. The summed E-state index contributed by atoms with van der Waals surface area (Å²) >= 11 is 0. The van der Waals surface area contributed by atoms with Gasteiger partial charge in [0.25, 0.3) is 5.78 Å². The number of nitriles is 1. The SMILES string of the molecule is CP(C)(=O)OC(=[N+]=[N-])C(=O)CC#N. The second kappa shape index (κ2) is 4.56. The van der Waals surface area contributed by atoms with Gasteiger partial charge in [0.1, 0.15) is 6.42 Å². The second-order valence-corrected chi connectivity index (χ2v) is 5.19. The molecule has 0 aromatic carbocycles. The Morgan fingerprint density at radius 1 is 1.69 bits per heavy atom. The highest BCUT2D eigenvalue weighted by atomic mass is 31.2. The molecule has 0 heterocycles. The lowest BCUT2D eigenvalue weighted by Crippen LogP contribution is -2.16. The van der Waals surface area contributed by atoms with Gasteiger partial charge in [0, 0.05) is 13.3 Å². The number of ketones is 1. The van der Waals surface area contributed by atoms with Gasteiger partial charge in [-0.1, -0.05) is 0 Å². The van der Waals surface area contributed by atoms with Crippen LogP contribution in [0.1, 0.15) is 6.42 Å². The Morgan fingerprint density at radius 2 is 2.23 bits per heavy atom. The Kier molecular flexibility index (Phi) is 4.06. The van der Waals surface area contributed by atoms with Gasteiger partial charge in [0.2, 0.25) is 7.37 Å². The largest absolute Gasteiger partial charge is 0.524 e. The van der Waals surface area contributed by atoms with E-state index in [0.717, 1.165) is 0 Å². The summed E-state index contributed by atoms with van der Waals surface area (Å²) in [5.74, 6) is -1.48. The van der Waals surface area contributed by atoms with E-state index >= 15 is 0 Å². The first-order chi connectivity index (χ1) is 5.90. The third-order valence-electron chi connectivity index (χ3n) is 0.875. The van der Waals surface area contributed by atoms with Crippen LogP contribution in [0.5, 0.6) is 0 Å². The first-order valence-electron chi connectivity index (χ1n) is 3.27. The standard InChI is InChI=1S/C6H8N3O3P/c1-13(2,11)12-6(9-8)5(10)3-4-7/h3H2,1-2H3. The van der Waals surface area contributed by atoms with Crippen molar-refractivity contribution >= 4 is 19.0 Å². The Labute approximate surface area is 75.2 Å². The van der Waals surface area contributed by atoms with Gasteiger partial charge in [-0.05, 0) is 0 Å². The van der Waals surface area contributed by atoms with Crippen LogP contribution in [0.15, 0.2) is 0 Å². The molecule has 70 valence electrons. The maximum absolute atomic E-state index is 11.0. The fourth-order valence-corrected chi connectivity index (χ4v) is 1.04. The first kappa shape index (κ1) is 11.6. The van der Waals surface area contributed by atoms with Crippen LogP contribution in [0.3, 0.4) is 0 Å². The molecule has 0 amide bonds. The quantitative estimate of drug-likeness (QED) is 0.220. The van der Waals surface area contributed by atoms with Gasteiger partial charge >= 0.3 is 5.90 Å². The van der Waals surface area contributed by atoms with E-state index in [0.29, 0.717) is 0 Å². The lowest BCUT2D eigenvalue weighted by atomic mass is 10.3. The van der Waals surface area contributed by atoms with Crippen LogP contribution in [0.4, 0.5) is 0 Å². The van der Waals surface area contributed by atoms with Crippen LogP contribution in [-0.2, 0) is 13.9 Å². The molecule has 13 heavy (non-hydrogen) atoms. The molecule has 0 aromatic rings. The van der Waals surface area contributed by atoms with E-state index in [2.05, 4.69) is 9.31 Å². The minimum Gasteiger partial charge on any atom is -0.377 e. The molecule has 0 aliphatic carbocycles. The minimum absolute atomic E-state index is 0.473. The summed E-state index contributed by atoms with van der Waals surface area (Å²) in [6.07, 6.45) is -0.473. The van der Waals surface area contributed by atoms with Crippen LogP contribution in [-0.4, -0.2) is 29.8 Å². The molecular weight excluding hydrogens is 193 g/mol. The van der Waals surface area contributed by atoms with Crippen LogP contribution in [0, 0.1) is 11.3 Å². The summed E-state index contributed by atoms with van der Waals surface area (Å²) in [5.41, 5.74) is 8.30. The number of hydrogen-bond donors (Lipinski definition) is 0. The molecule has 0 atom stereocenters. The average molecular weight is 201 g/mol. The smallest absolute Gasteiger partial charge is 0.377 e. The van der Waals surface area contributed by atoms with Gasteiger partial charge in [-0.15, -0.1) is 4.79 Å². The third kappa shape index (κ3) is 4.91. The predicted octanol–water partition coefficient (Wildman–Crippen LogP) is 0.652. The zero-order valence-electron chi connectivity index (χ0n) is 7.22. The van der Waals surface area contributed by atoms with Crippen molar-refractivity contribution in [2.75, 3.05) is 13.3 Å². The molecule has 0 aromatic heterocycles. The number of Topliss-reactive ketones (excluding diaryl/α,β-unsaturated/α-hetero) is 1. The molecule has 0 saturated heterocycles. The lowest BCUT2D eigenvalue weighted by molar-refractivity contribution is -0.119. The van der Waals surface area contributed by atoms with Crippen molar-refractivity contribution in [3.63, 3.8) is 0 Å². The second-order valence-electron chi connectivity index (χ2n) is 2.51. The number of nitrogens with zero attached hydrogens (tertiary/aromatic N) is 3. The summed E-state index contributed by atoms with van der Waals surface area (Å²) in [4.78, 5) is 13.4.